The third kappa shape index (κ3) is 3.21. The van der Waals surface area contributed by atoms with E-state index in [2.05, 4.69) is 25.0 Å². The summed E-state index contributed by atoms with van der Waals surface area (Å²) in [7, 11) is 0. The molecule has 18 heavy (non-hydrogen) atoms. The first kappa shape index (κ1) is 13.3. The van der Waals surface area contributed by atoms with Crippen molar-refractivity contribution in [2.24, 2.45) is 5.92 Å². The molecule has 3 nitrogen and oxygen atoms in total. The lowest BCUT2D eigenvalue weighted by atomic mass is 9.99. The van der Waals surface area contributed by atoms with Crippen molar-refractivity contribution in [3.8, 4) is 0 Å². The maximum atomic E-state index is 12.1. The van der Waals surface area contributed by atoms with E-state index in [1.807, 2.05) is 4.68 Å². The Labute approximate surface area is 110 Å². The van der Waals surface area contributed by atoms with Crippen LogP contribution < -0.4 is 0 Å². The van der Waals surface area contributed by atoms with Crippen LogP contribution in [-0.2, 0) is 24.2 Å². The van der Waals surface area contributed by atoms with Gasteiger partial charge in [-0.1, -0.05) is 32.6 Å². The highest BCUT2D eigenvalue weighted by Crippen LogP contribution is 2.28. The fourth-order valence-corrected chi connectivity index (χ4v) is 2.91. The summed E-state index contributed by atoms with van der Waals surface area (Å²) in [6, 6.07) is 2.09. The van der Waals surface area contributed by atoms with Gasteiger partial charge in [-0.3, -0.25) is 9.48 Å². The Balaban J connectivity index is 1.94. The number of hydrogen-bond acceptors (Lipinski definition) is 2. The quantitative estimate of drug-likeness (QED) is 0.775. The minimum atomic E-state index is 0.388. The standard InChI is InChI=1S/C15H24N2O/c1-3-13-10-14(17(4-2)16-13)11-15(18)9-12-7-5-6-8-12/h10,12H,3-9,11H2,1-2H3. The molecule has 0 saturated heterocycles. The zero-order valence-corrected chi connectivity index (χ0v) is 11.6. The van der Waals surface area contributed by atoms with Gasteiger partial charge in [-0.25, -0.2) is 0 Å². The first-order valence-corrected chi connectivity index (χ1v) is 7.30. The molecule has 1 aliphatic rings. The molecule has 0 spiro atoms. The number of carbonyl (C=O) groups is 1. The Bertz CT molecular complexity index is 403. The van der Waals surface area contributed by atoms with Gasteiger partial charge in [0.25, 0.3) is 0 Å². The smallest absolute Gasteiger partial charge is 0.139 e. The van der Waals surface area contributed by atoms with Crippen LogP contribution in [0.4, 0.5) is 0 Å². The molecule has 100 valence electrons. The number of aryl methyl sites for hydroxylation is 2. The van der Waals surface area contributed by atoms with Gasteiger partial charge in [0, 0.05) is 25.1 Å². The molecule has 0 aromatic carbocycles. The molecule has 0 unspecified atom stereocenters. The van der Waals surface area contributed by atoms with Gasteiger partial charge in [0.05, 0.1) is 5.69 Å². The van der Waals surface area contributed by atoms with E-state index in [4.69, 9.17) is 0 Å². The van der Waals surface area contributed by atoms with Crippen LogP contribution in [0.3, 0.4) is 0 Å². The Morgan fingerprint density at radius 1 is 1.39 bits per heavy atom. The molecule has 1 aliphatic carbocycles. The first-order valence-electron chi connectivity index (χ1n) is 7.30. The van der Waals surface area contributed by atoms with E-state index in [0.29, 0.717) is 18.1 Å². The lowest BCUT2D eigenvalue weighted by Crippen LogP contribution is -2.12. The Kier molecular flexibility index (Phi) is 4.56. The number of carbonyl (C=O) groups excluding carboxylic acids is 1. The van der Waals surface area contributed by atoms with Crippen LogP contribution in [0.15, 0.2) is 6.07 Å². The van der Waals surface area contributed by atoms with Gasteiger partial charge in [-0.05, 0) is 25.3 Å². The number of ketones is 1. The minimum absolute atomic E-state index is 0.388. The normalized spacial score (nSPS) is 16.3. The highest BCUT2D eigenvalue weighted by molar-refractivity contribution is 5.80. The number of nitrogens with zero attached hydrogens (tertiary/aromatic N) is 2. The van der Waals surface area contributed by atoms with Gasteiger partial charge >= 0.3 is 0 Å². The molecule has 3 heteroatoms. The van der Waals surface area contributed by atoms with Crippen molar-refractivity contribution in [1.29, 1.82) is 0 Å². The van der Waals surface area contributed by atoms with Gasteiger partial charge in [0.2, 0.25) is 0 Å². The van der Waals surface area contributed by atoms with Crippen molar-refractivity contribution in [2.75, 3.05) is 0 Å². The maximum Gasteiger partial charge on any atom is 0.139 e. The van der Waals surface area contributed by atoms with Crippen molar-refractivity contribution in [3.63, 3.8) is 0 Å². The predicted molar refractivity (Wildman–Crippen MR) is 72.6 cm³/mol. The molecule has 0 radical (unpaired) electrons. The molecule has 1 saturated carbocycles. The summed E-state index contributed by atoms with van der Waals surface area (Å²) in [4.78, 5) is 12.1. The van der Waals surface area contributed by atoms with E-state index in [1.54, 1.807) is 0 Å². The monoisotopic (exact) mass is 248 g/mol. The summed E-state index contributed by atoms with van der Waals surface area (Å²) < 4.78 is 1.98. The Hall–Kier alpha value is -1.12. The molecule has 0 amide bonds. The summed E-state index contributed by atoms with van der Waals surface area (Å²) >= 11 is 0. The zero-order chi connectivity index (χ0) is 13.0. The summed E-state index contributed by atoms with van der Waals surface area (Å²) in [5.41, 5.74) is 2.19. The molecular weight excluding hydrogens is 224 g/mol. The van der Waals surface area contributed by atoms with Crippen molar-refractivity contribution >= 4 is 5.78 Å². The molecule has 1 aromatic heterocycles. The summed E-state index contributed by atoms with van der Waals surface area (Å²) in [5.74, 6) is 1.04. The fourth-order valence-electron chi connectivity index (χ4n) is 2.91. The predicted octanol–water partition coefficient (Wildman–Crippen LogP) is 3.16. The summed E-state index contributed by atoms with van der Waals surface area (Å²) in [5, 5.41) is 4.50. The second-order valence-electron chi connectivity index (χ2n) is 5.37. The topological polar surface area (TPSA) is 34.9 Å². The largest absolute Gasteiger partial charge is 0.299 e. The number of Topliss-reactive ketones (excluding diaryl/α,β-unsaturated/α-hetero) is 1. The second-order valence-corrected chi connectivity index (χ2v) is 5.37. The van der Waals surface area contributed by atoms with Crippen LogP contribution in [0.2, 0.25) is 0 Å². The van der Waals surface area contributed by atoms with Crippen molar-refractivity contribution < 1.29 is 4.79 Å². The molecule has 0 bridgehead atoms. The molecule has 1 heterocycles. The van der Waals surface area contributed by atoms with Crippen molar-refractivity contribution in [1.82, 2.24) is 9.78 Å². The average Bonchev–Trinajstić information content (AvgIpc) is 2.98. The van der Waals surface area contributed by atoms with Gasteiger partial charge in [-0.15, -0.1) is 0 Å². The van der Waals surface area contributed by atoms with Gasteiger partial charge < -0.3 is 0 Å². The summed E-state index contributed by atoms with van der Waals surface area (Å²) in [6.45, 7) is 5.04. The van der Waals surface area contributed by atoms with E-state index >= 15 is 0 Å². The van der Waals surface area contributed by atoms with Gasteiger partial charge in [0.15, 0.2) is 0 Å². The third-order valence-corrected chi connectivity index (χ3v) is 3.95. The highest BCUT2D eigenvalue weighted by Gasteiger charge is 2.19. The van der Waals surface area contributed by atoms with E-state index in [-0.39, 0.29) is 0 Å². The Morgan fingerprint density at radius 2 is 2.11 bits per heavy atom. The molecular formula is C15H24N2O. The van der Waals surface area contributed by atoms with Gasteiger partial charge in [0.1, 0.15) is 5.78 Å². The number of aromatic nitrogens is 2. The third-order valence-electron chi connectivity index (χ3n) is 3.95. The Morgan fingerprint density at radius 3 is 2.72 bits per heavy atom. The van der Waals surface area contributed by atoms with Crippen molar-refractivity contribution in [2.45, 2.75) is 65.3 Å². The first-order chi connectivity index (χ1) is 8.72. The fraction of sp³-hybridized carbons (Fsp3) is 0.733. The zero-order valence-electron chi connectivity index (χ0n) is 11.6. The van der Waals surface area contributed by atoms with Crippen LogP contribution in [0.1, 0.15) is 57.3 Å². The number of hydrogen-bond donors (Lipinski definition) is 0. The molecule has 0 atom stereocenters. The summed E-state index contributed by atoms with van der Waals surface area (Å²) in [6.07, 6.45) is 7.40. The minimum Gasteiger partial charge on any atom is -0.299 e. The lowest BCUT2D eigenvalue weighted by molar-refractivity contribution is -0.119. The molecule has 0 N–H and O–H groups in total. The second kappa shape index (κ2) is 6.17. The van der Waals surface area contributed by atoms with Crippen LogP contribution in [0.25, 0.3) is 0 Å². The van der Waals surface area contributed by atoms with Gasteiger partial charge in [-0.2, -0.15) is 5.10 Å². The molecule has 1 aromatic rings. The van der Waals surface area contributed by atoms with Crippen LogP contribution in [0, 0.1) is 5.92 Å². The SMILES string of the molecule is CCc1cc(CC(=O)CC2CCCC2)n(CC)n1. The van der Waals surface area contributed by atoms with Crippen LogP contribution >= 0.6 is 0 Å². The molecule has 1 fully saturated rings. The van der Waals surface area contributed by atoms with E-state index in [9.17, 15) is 4.79 Å². The number of rotatable bonds is 6. The molecule has 2 rings (SSSR count). The van der Waals surface area contributed by atoms with E-state index in [1.165, 1.54) is 25.7 Å². The van der Waals surface area contributed by atoms with E-state index in [0.717, 1.165) is 30.8 Å². The molecule has 0 aliphatic heterocycles. The van der Waals surface area contributed by atoms with Crippen molar-refractivity contribution in [3.05, 3.63) is 17.5 Å². The maximum absolute atomic E-state index is 12.1. The van der Waals surface area contributed by atoms with E-state index < -0.39 is 0 Å². The van der Waals surface area contributed by atoms with Crippen LogP contribution in [0.5, 0.6) is 0 Å². The lowest BCUT2D eigenvalue weighted by Gasteiger charge is -2.08. The average molecular weight is 248 g/mol. The highest BCUT2D eigenvalue weighted by atomic mass is 16.1. The van der Waals surface area contributed by atoms with Crippen LogP contribution in [-0.4, -0.2) is 15.6 Å².